The van der Waals surface area contributed by atoms with Crippen LogP contribution in [-0.2, 0) is 19.1 Å². The van der Waals surface area contributed by atoms with Crippen LogP contribution in [0.3, 0.4) is 0 Å². The fourth-order valence-electron chi connectivity index (χ4n) is 4.91. The quantitative estimate of drug-likeness (QED) is 0.228. The number of esters is 1. The minimum Gasteiger partial charge on any atom is -0.497 e. The van der Waals surface area contributed by atoms with Crippen LogP contribution in [0.25, 0.3) is 0 Å². The number of hydrogen-bond acceptors (Lipinski definition) is 6. The number of amides is 2. The third-order valence-electron chi connectivity index (χ3n) is 6.39. The van der Waals surface area contributed by atoms with Gasteiger partial charge in [-0.2, -0.15) is 0 Å². The number of halogens is 2. The molecule has 0 spiro atoms. The SMILES string of the molecule is COc1ccc(C(=O)COC(=O)CCN2C(=O)[C@@H]3[C@H]4C[C@@H]([C@@H](Br)[C@H]4Br)[C@H]3C2=O)cc1. The average Bonchev–Trinajstić information content (AvgIpc) is 3.35. The molecule has 1 aliphatic heterocycles. The van der Waals surface area contributed by atoms with E-state index in [0.29, 0.717) is 11.3 Å². The van der Waals surface area contributed by atoms with Gasteiger partial charge in [-0.15, -0.1) is 0 Å². The van der Waals surface area contributed by atoms with Crippen molar-refractivity contribution in [2.24, 2.45) is 23.7 Å². The Kier molecular flexibility index (Phi) is 6.03. The van der Waals surface area contributed by atoms with Gasteiger partial charge in [-0.1, -0.05) is 31.9 Å². The van der Waals surface area contributed by atoms with Crippen LogP contribution in [0.5, 0.6) is 5.75 Å². The second kappa shape index (κ2) is 8.42. The van der Waals surface area contributed by atoms with Crippen molar-refractivity contribution in [2.75, 3.05) is 20.3 Å². The Morgan fingerprint density at radius 1 is 1.03 bits per heavy atom. The van der Waals surface area contributed by atoms with Gasteiger partial charge in [0.1, 0.15) is 5.75 Å². The number of Topliss-reactive ketones (excluding diaryl/α,β-unsaturated/α-hetero) is 1. The number of carbonyl (C=O) groups excluding carboxylic acids is 4. The van der Waals surface area contributed by atoms with Crippen molar-refractivity contribution in [1.29, 1.82) is 0 Å². The van der Waals surface area contributed by atoms with Crippen LogP contribution >= 0.6 is 31.9 Å². The maximum absolute atomic E-state index is 12.8. The molecule has 0 unspecified atom stereocenters. The Balaban J connectivity index is 1.28. The van der Waals surface area contributed by atoms with E-state index in [1.54, 1.807) is 24.3 Å². The summed E-state index contributed by atoms with van der Waals surface area (Å²) in [6.45, 7) is -0.404. The number of hydrogen-bond donors (Lipinski definition) is 0. The zero-order chi connectivity index (χ0) is 21.6. The van der Waals surface area contributed by atoms with Crippen molar-refractivity contribution in [3.8, 4) is 5.75 Å². The molecular weight excluding hydrogens is 522 g/mol. The lowest BCUT2D eigenvalue weighted by atomic mass is 9.81. The van der Waals surface area contributed by atoms with E-state index in [1.807, 2.05) is 0 Å². The van der Waals surface area contributed by atoms with Gasteiger partial charge in [0, 0.05) is 21.8 Å². The third kappa shape index (κ3) is 3.60. The summed E-state index contributed by atoms with van der Waals surface area (Å²) >= 11 is 7.29. The lowest BCUT2D eigenvalue weighted by Gasteiger charge is -2.28. The highest BCUT2D eigenvalue weighted by molar-refractivity contribution is 9.12. The van der Waals surface area contributed by atoms with Gasteiger partial charge in [-0.05, 0) is 42.5 Å². The van der Waals surface area contributed by atoms with E-state index in [0.717, 1.165) is 6.42 Å². The number of fused-ring (bicyclic) bond motifs is 5. The van der Waals surface area contributed by atoms with Gasteiger partial charge in [-0.3, -0.25) is 24.1 Å². The summed E-state index contributed by atoms with van der Waals surface area (Å²) in [6.07, 6.45) is 0.736. The Hall–Kier alpha value is -1.74. The maximum Gasteiger partial charge on any atom is 0.308 e. The van der Waals surface area contributed by atoms with Crippen LogP contribution in [0.15, 0.2) is 24.3 Å². The molecule has 3 aliphatic rings. The zero-order valence-electron chi connectivity index (χ0n) is 16.3. The monoisotopic (exact) mass is 541 g/mol. The summed E-state index contributed by atoms with van der Waals surface area (Å²) in [7, 11) is 1.53. The van der Waals surface area contributed by atoms with Gasteiger partial charge >= 0.3 is 5.97 Å². The summed E-state index contributed by atoms with van der Waals surface area (Å²) in [5.41, 5.74) is 0.408. The third-order valence-corrected chi connectivity index (χ3v) is 9.60. The number of ether oxygens (including phenoxy) is 2. The van der Waals surface area contributed by atoms with Gasteiger partial charge in [0.25, 0.3) is 0 Å². The number of nitrogens with zero attached hydrogens (tertiary/aromatic N) is 1. The van der Waals surface area contributed by atoms with Gasteiger partial charge < -0.3 is 9.47 Å². The number of ketones is 1. The van der Waals surface area contributed by atoms with Crippen LogP contribution in [0.1, 0.15) is 23.2 Å². The Morgan fingerprint density at radius 3 is 2.13 bits per heavy atom. The lowest BCUT2D eigenvalue weighted by Crippen LogP contribution is -2.37. The van der Waals surface area contributed by atoms with Crippen molar-refractivity contribution in [2.45, 2.75) is 22.5 Å². The van der Waals surface area contributed by atoms with Crippen LogP contribution in [0.4, 0.5) is 0 Å². The summed E-state index contributed by atoms with van der Waals surface area (Å²) in [5, 5.41) is 0. The second-order valence-corrected chi connectivity index (χ2v) is 10.0. The molecule has 1 saturated heterocycles. The molecule has 3 fully saturated rings. The smallest absolute Gasteiger partial charge is 0.308 e. The molecule has 1 aromatic rings. The highest BCUT2D eigenvalue weighted by Crippen LogP contribution is 2.60. The van der Waals surface area contributed by atoms with E-state index in [4.69, 9.17) is 9.47 Å². The molecule has 2 amide bonds. The van der Waals surface area contributed by atoms with Crippen molar-refractivity contribution >= 4 is 55.4 Å². The van der Waals surface area contributed by atoms with Crippen LogP contribution in [-0.4, -0.2) is 58.4 Å². The predicted molar refractivity (Wildman–Crippen MR) is 114 cm³/mol. The maximum atomic E-state index is 12.8. The minimum absolute atomic E-state index is 0.0143. The Morgan fingerprint density at radius 2 is 1.60 bits per heavy atom. The average molecular weight is 543 g/mol. The molecule has 2 saturated carbocycles. The van der Waals surface area contributed by atoms with Crippen molar-refractivity contribution in [3.63, 3.8) is 0 Å². The van der Waals surface area contributed by atoms with Crippen LogP contribution < -0.4 is 4.74 Å². The molecule has 2 bridgehead atoms. The molecule has 30 heavy (non-hydrogen) atoms. The summed E-state index contributed by atoms with van der Waals surface area (Å²) < 4.78 is 10.1. The lowest BCUT2D eigenvalue weighted by molar-refractivity contribution is -0.145. The first-order valence-electron chi connectivity index (χ1n) is 9.79. The van der Waals surface area contributed by atoms with Crippen LogP contribution in [0, 0.1) is 23.7 Å². The normalized spacial score (nSPS) is 31.8. The first-order chi connectivity index (χ1) is 14.3. The van der Waals surface area contributed by atoms with Crippen molar-refractivity contribution in [1.82, 2.24) is 4.90 Å². The van der Waals surface area contributed by atoms with E-state index in [2.05, 4.69) is 31.9 Å². The van der Waals surface area contributed by atoms with Crippen molar-refractivity contribution in [3.05, 3.63) is 29.8 Å². The van der Waals surface area contributed by atoms with E-state index in [9.17, 15) is 19.2 Å². The van der Waals surface area contributed by atoms with Gasteiger partial charge in [0.05, 0.1) is 25.4 Å². The Labute approximate surface area is 190 Å². The number of rotatable bonds is 7. The zero-order valence-corrected chi connectivity index (χ0v) is 19.4. The molecule has 6 atom stereocenters. The van der Waals surface area contributed by atoms with Crippen LogP contribution in [0.2, 0.25) is 0 Å². The molecular formula is C21H21Br2NO6. The largest absolute Gasteiger partial charge is 0.497 e. The predicted octanol–water partition coefficient (Wildman–Crippen LogP) is 2.59. The molecule has 0 radical (unpaired) electrons. The fourth-order valence-corrected chi connectivity index (χ4v) is 6.79. The fraction of sp³-hybridized carbons (Fsp3) is 0.524. The number of alkyl halides is 2. The van der Waals surface area contributed by atoms with Gasteiger partial charge in [0.2, 0.25) is 11.8 Å². The Bertz CT molecular complexity index is 856. The molecule has 0 aromatic heterocycles. The molecule has 1 heterocycles. The molecule has 1 aromatic carbocycles. The summed E-state index contributed by atoms with van der Waals surface area (Å²) in [6, 6.07) is 6.49. The number of carbonyl (C=O) groups is 4. The first-order valence-corrected chi connectivity index (χ1v) is 11.6. The number of methoxy groups -OCH3 is 1. The molecule has 160 valence electrons. The molecule has 9 heteroatoms. The van der Waals surface area contributed by atoms with E-state index in [1.165, 1.54) is 12.0 Å². The van der Waals surface area contributed by atoms with E-state index >= 15 is 0 Å². The highest BCUT2D eigenvalue weighted by atomic mass is 79.9. The standard InChI is InChI=1S/C21H21Br2NO6/c1-29-11-4-2-10(3-5-11)14(25)9-30-15(26)6-7-24-20(27)16-12-8-13(17(16)21(24)28)19(23)18(12)22/h2-5,12-13,16-19H,6-9H2,1H3/t12-,13-,16-,17-,18-,19+/m1/s1. The summed E-state index contributed by atoms with van der Waals surface area (Å²) in [5.74, 6) is -1.03. The first kappa shape index (κ1) is 21.5. The second-order valence-electron chi connectivity index (χ2n) is 7.89. The highest BCUT2D eigenvalue weighted by Gasteiger charge is 2.66. The molecule has 4 rings (SSSR count). The molecule has 2 aliphatic carbocycles. The minimum atomic E-state index is -0.616. The number of likely N-dealkylation sites (tertiary alicyclic amines) is 1. The topological polar surface area (TPSA) is 90.0 Å². The van der Waals surface area contributed by atoms with Crippen molar-refractivity contribution < 1.29 is 28.7 Å². The number of benzene rings is 1. The summed E-state index contributed by atoms with van der Waals surface area (Å²) in [4.78, 5) is 51.4. The number of imide groups is 1. The molecule has 7 nitrogen and oxygen atoms in total. The van der Waals surface area contributed by atoms with Gasteiger partial charge in [-0.25, -0.2) is 0 Å². The molecule has 0 N–H and O–H groups in total. The van der Waals surface area contributed by atoms with E-state index < -0.39 is 5.97 Å². The van der Waals surface area contributed by atoms with Gasteiger partial charge in [0.15, 0.2) is 12.4 Å². The van der Waals surface area contributed by atoms with E-state index in [-0.39, 0.29) is 70.5 Å².